The number of methoxy groups -OCH3 is 1. The van der Waals surface area contributed by atoms with Crippen LogP contribution in [0.1, 0.15) is 40.0 Å². The van der Waals surface area contributed by atoms with Gasteiger partial charge in [-0.2, -0.15) is 0 Å². The van der Waals surface area contributed by atoms with E-state index < -0.39 is 0 Å². The zero-order valence-corrected chi connectivity index (χ0v) is 10.9. The van der Waals surface area contributed by atoms with E-state index in [0.29, 0.717) is 19.4 Å². The molecule has 0 saturated heterocycles. The molecule has 2 atom stereocenters. The number of amides is 1. The van der Waals surface area contributed by atoms with Gasteiger partial charge in [-0.15, -0.1) is 0 Å². The van der Waals surface area contributed by atoms with E-state index in [1.165, 1.54) is 0 Å². The lowest BCUT2D eigenvalue weighted by molar-refractivity contribution is -0.124. The highest BCUT2D eigenvalue weighted by atomic mass is 16.5. The highest BCUT2D eigenvalue weighted by molar-refractivity contribution is 5.76. The topological polar surface area (TPSA) is 58.6 Å². The summed E-state index contributed by atoms with van der Waals surface area (Å²) in [6, 6.07) is 0. The molecule has 4 heteroatoms. The van der Waals surface area contributed by atoms with Gasteiger partial charge in [-0.25, -0.2) is 0 Å². The Morgan fingerprint density at radius 2 is 2.19 bits per heavy atom. The SMILES string of the molecule is CCC(C)(CCO)NC(=O)CC(C)COC. The van der Waals surface area contributed by atoms with Gasteiger partial charge in [0.15, 0.2) is 0 Å². The molecule has 0 bridgehead atoms. The zero-order valence-electron chi connectivity index (χ0n) is 10.9. The molecule has 0 spiro atoms. The number of nitrogens with one attached hydrogen (secondary N) is 1. The summed E-state index contributed by atoms with van der Waals surface area (Å²) in [6.45, 7) is 6.64. The van der Waals surface area contributed by atoms with Crippen LogP contribution in [0.25, 0.3) is 0 Å². The Morgan fingerprint density at radius 3 is 2.62 bits per heavy atom. The maximum Gasteiger partial charge on any atom is 0.220 e. The number of carbonyl (C=O) groups is 1. The molecule has 0 heterocycles. The van der Waals surface area contributed by atoms with E-state index in [9.17, 15) is 4.79 Å². The monoisotopic (exact) mass is 231 g/mol. The third-order valence-electron chi connectivity index (χ3n) is 2.87. The molecule has 0 aliphatic heterocycles. The Bertz CT molecular complexity index is 208. The van der Waals surface area contributed by atoms with Crippen molar-refractivity contribution in [2.24, 2.45) is 5.92 Å². The van der Waals surface area contributed by atoms with Crippen molar-refractivity contribution in [3.05, 3.63) is 0 Å². The van der Waals surface area contributed by atoms with Crippen LogP contribution in [0.5, 0.6) is 0 Å². The lowest BCUT2D eigenvalue weighted by atomic mass is 9.94. The molecule has 0 rings (SSSR count). The van der Waals surface area contributed by atoms with Crippen LogP contribution in [0.15, 0.2) is 0 Å². The summed E-state index contributed by atoms with van der Waals surface area (Å²) in [7, 11) is 1.64. The number of hydrogen-bond acceptors (Lipinski definition) is 3. The van der Waals surface area contributed by atoms with Crippen LogP contribution in [0.4, 0.5) is 0 Å². The van der Waals surface area contributed by atoms with Gasteiger partial charge in [-0.05, 0) is 25.7 Å². The van der Waals surface area contributed by atoms with E-state index in [4.69, 9.17) is 9.84 Å². The summed E-state index contributed by atoms with van der Waals surface area (Å²) >= 11 is 0. The minimum Gasteiger partial charge on any atom is -0.396 e. The summed E-state index contributed by atoms with van der Waals surface area (Å²) < 4.78 is 4.99. The molecule has 2 N–H and O–H groups in total. The van der Waals surface area contributed by atoms with Crippen LogP contribution in [-0.2, 0) is 9.53 Å². The van der Waals surface area contributed by atoms with E-state index in [0.717, 1.165) is 6.42 Å². The lowest BCUT2D eigenvalue weighted by Gasteiger charge is -2.29. The number of ether oxygens (including phenoxy) is 1. The van der Waals surface area contributed by atoms with Crippen LogP contribution in [-0.4, -0.2) is 36.9 Å². The fraction of sp³-hybridized carbons (Fsp3) is 0.917. The highest BCUT2D eigenvalue weighted by Gasteiger charge is 2.24. The molecule has 0 fully saturated rings. The summed E-state index contributed by atoms with van der Waals surface area (Å²) in [5.41, 5.74) is -0.293. The fourth-order valence-corrected chi connectivity index (χ4v) is 1.62. The second-order valence-corrected chi connectivity index (χ2v) is 4.70. The van der Waals surface area contributed by atoms with Crippen molar-refractivity contribution in [2.45, 2.75) is 45.6 Å². The quantitative estimate of drug-likeness (QED) is 0.662. The number of aliphatic hydroxyl groups is 1. The van der Waals surface area contributed by atoms with Crippen LogP contribution >= 0.6 is 0 Å². The molecular formula is C12H25NO3. The van der Waals surface area contributed by atoms with Crippen molar-refractivity contribution in [1.29, 1.82) is 0 Å². The van der Waals surface area contributed by atoms with Crippen LogP contribution < -0.4 is 5.32 Å². The van der Waals surface area contributed by atoms with Gasteiger partial charge in [0.05, 0.1) is 0 Å². The summed E-state index contributed by atoms with van der Waals surface area (Å²) in [5, 5.41) is 11.9. The Balaban J connectivity index is 4.10. The molecule has 4 nitrogen and oxygen atoms in total. The molecule has 0 aromatic heterocycles. The zero-order chi connectivity index (χ0) is 12.6. The first-order chi connectivity index (χ1) is 7.47. The molecule has 0 saturated carbocycles. The summed E-state index contributed by atoms with van der Waals surface area (Å²) in [4.78, 5) is 11.7. The van der Waals surface area contributed by atoms with Crippen molar-refractivity contribution in [1.82, 2.24) is 5.32 Å². The number of hydrogen-bond donors (Lipinski definition) is 2. The molecule has 0 radical (unpaired) electrons. The van der Waals surface area contributed by atoms with Gasteiger partial charge >= 0.3 is 0 Å². The lowest BCUT2D eigenvalue weighted by Crippen LogP contribution is -2.46. The highest BCUT2D eigenvalue weighted by Crippen LogP contribution is 2.14. The number of carbonyl (C=O) groups excluding carboxylic acids is 1. The van der Waals surface area contributed by atoms with Gasteiger partial charge in [-0.1, -0.05) is 13.8 Å². The molecule has 16 heavy (non-hydrogen) atoms. The van der Waals surface area contributed by atoms with Crippen molar-refractivity contribution in [2.75, 3.05) is 20.3 Å². The third kappa shape index (κ3) is 6.08. The van der Waals surface area contributed by atoms with E-state index in [1.807, 2.05) is 20.8 Å². The Hall–Kier alpha value is -0.610. The maximum atomic E-state index is 11.7. The second-order valence-electron chi connectivity index (χ2n) is 4.70. The predicted octanol–water partition coefficient (Wildman–Crippen LogP) is 1.33. The largest absolute Gasteiger partial charge is 0.396 e. The smallest absolute Gasteiger partial charge is 0.220 e. The third-order valence-corrected chi connectivity index (χ3v) is 2.87. The van der Waals surface area contributed by atoms with E-state index in [-0.39, 0.29) is 24.0 Å². The Labute approximate surface area is 98.4 Å². The second kappa shape index (κ2) is 7.63. The summed E-state index contributed by atoms with van der Waals surface area (Å²) in [5.74, 6) is 0.252. The Kier molecular flexibility index (Phi) is 7.34. The average Bonchev–Trinajstić information content (AvgIpc) is 2.17. The van der Waals surface area contributed by atoms with E-state index in [2.05, 4.69) is 5.32 Å². The van der Waals surface area contributed by atoms with Crippen molar-refractivity contribution >= 4 is 5.91 Å². The number of rotatable bonds is 8. The van der Waals surface area contributed by atoms with Gasteiger partial charge in [0.2, 0.25) is 5.91 Å². The first-order valence-corrected chi connectivity index (χ1v) is 5.88. The van der Waals surface area contributed by atoms with Crippen LogP contribution in [0, 0.1) is 5.92 Å². The number of aliphatic hydroxyl groups excluding tert-OH is 1. The molecule has 1 amide bonds. The van der Waals surface area contributed by atoms with Gasteiger partial charge < -0.3 is 15.2 Å². The van der Waals surface area contributed by atoms with Gasteiger partial charge in [0.25, 0.3) is 0 Å². The maximum absolute atomic E-state index is 11.7. The summed E-state index contributed by atoms with van der Waals surface area (Å²) in [6.07, 6.45) is 1.88. The first-order valence-electron chi connectivity index (χ1n) is 5.88. The van der Waals surface area contributed by atoms with Crippen molar-refractivity contribution in [3.63, 3.8) is 0 Å². The molecular weight excluding hydrogens is 206 g/mol. The Morgan fingerprint density at radius 1 is 1.56 bits per heavy atom. The van der Waals surface area contributed by atoms with Crippen LogP contribution in [0.3, 0.4) is 0 Å². The van der Waals surface area contributed by atoms with Crippen molar-refractivity contribution in [3.8, 4) is 0 Å². The predicted molar refractivity (Wildman–Crippen MR) is 64.2 cm³/mol. The normalized spacial score (nSPS) is 16.6. The molecule has 0 aromatic carbocycles. The van der Waals surface area contributed by atoms with Gasteiger partial charge in [-0.3, -0.25) is 4.79 Å². The van der Waals surface area contributed by atoms with Crippen LogP contribution in [0.2, 0.25) is 0 Å². The molecule has 96 valence electrons. The minimum atomic E-state index is -0.293. The molecule has 0 aliphatic rings. The standard InChI is InChI=1S/C12H25NO3/c1-5-12(3,6-7-14)13-11(15)8-10(2)9-16-4/h10,14H,5-9H2,1-4H3,(H,13,15). The van der Waals surface area contributed by atoms with E-state index >= 15 is 0 Å². The fourth-order valence-electron chi connectivity index (χ4n) is 1.62. The van der Waals surface area contributed by atoms with Gasteiger partial charge in [0.1, 0.15) is 0 Å². The molecule has 0 aromatic rings. The minimum absolute atomic E-state index is 0.0300. The van der Waals surface area contributed by atoms with Gasteiger partial charge in [0, 0.05) is 32.3 Å². The van der Waals surface area contributed by atoms with Crippen molar-refractivity contribution < 1.29 is 14.6 Å². The molecule has 0 aliphatic carbocycles. The first kappa shape index (κ1) is 15.4. The molecule has 2 unspecified atom stereocenters. The van der Waals surface area contributed by atoms with E-state index in [1.54, 1.807) is 7.11 Å². The average molecular weight is 231 g/mol.